The first-order valence-corrected chi connectivity index (χ1v) is 9.89. The Morgan fingerprint density at radius 1 is 1.21 bits per heavy atom. The number of carbonyl (C=O) groups is 2. The maximum Gasteiger partial charge on any atom is 0.273 e. The molecule has 2 aliphatic heterocycles. The first-order valence-electron chi connectivity index (χ1n) is 9.89. The lowest BCUT2D eigenvalue weighted by Gasteiger charge is -2.33. The molecule has 5 nitrogen and oxygen atoms in total. The van der Waals surface area contributed by atoms with Crippen LogP contribution in [-0.2, 0) is 11.2 Å². The smallest absolute Gasteiger partial charge is 0.273 e. The highest BCUT2D eigenvalue weighted by molar-refractivity contribution is 5.93. The summed E-state index contributed by atoms with van der Waals surface area (Å²) in [5, 5.41) is 3.12. The van der Waals surface area contributed by atoms with Crippen molar-refractivity contribution in [2.24, 2.45) is 0 Å². The largest absolute Gasteiger partial charge is 0.351 e. The van der Waals surface area contributed by atoms with Crippen LogP contribution >= 0.6 is 0 Å². The van der Waals surface area contributed by atoms with Crippen LogP contribution in [0.3, 0.4) is 0 Å². The van der Waals surface area contributed by atoms with Crippen molar-refractivity contribution in [1.82, 2.24) is 15.2 Å². The number of hydrogen-bond donors (Lipinski definition) is 1. The van der Waals surface area contributed by atoms with Gasteiger partial charge in [0.1, 0.15) is 11.5 Å². The topological polar surface area (TPSA) is 62.3 Å². The van der Waals surface area contributed by atoms with Crippen molar-refractivity contribution >= 4 is 11.8 Å². The number of halogens is 1. The molecule has 1 aromatic carbocycles. The molecule has 2 aromatic rings. The Kier molecular flexibility index (Phi) is 5.37. The number of aromatic nitrogens is 1. The summed E-state index contributed by atoms with van der Waals surface area (Å²) in [5.41, 5.74) is 1.25. The average molecular weight is 381 g/mol. The maximum absolute atomic E-state index is 13.7. The number of hydrogen-bond acceptors (Lipinski definition) is 3. The second kappa shape index (κ2) is 8.09. The van der Waals surface area contributed by atoms with Crippen LogP contribution in [0.4, 0.5) is 4.39 Å². The summed E-state index contributed by atoms with van der Waals surface area (Å²) in [6.07, 6.45) is 5.96. The van der Waals surface area contributed by atoms with Gasteiger partial charge in [0, 0.05) is 18.7 Å². The number of nitrogens with one attached hydrogen (secondary N) is 1. The molecule has 0 unspecified atom stereocenters. The lowest BCUT2D eigenvalue weighted by atomic mass is 9.97. The fraction of sp³-hybridized carbons (Fsp3) is 0.409. The zero-order valence-electron chi connectivity index (χ0n) is 15.7. The predicted molar refractivity (Wildman–Crippen MR) is 103 cm³/mol. The minimum Gasteiger partial charge on any atom is -0.351 e. The highest BCUT2D eigenvalue weighted by atomic mass is 19.1. The SMILES string of the molecule is O=C1CCCC[C@@H]2[C@H](C[C@@H](Cc3cccc(F)c3)N2C(=O)c2ccccn2)N1. The van der Waals surface area contributed by atoms with Crippen molar-refractivity contribution < 1.29 is 14.0 Å². The van der Waals surface area contributed by atoms with Crippen LogP contribution < -0.4 is 5.32 Å². The van der Waals surface area contributed by atoms with E-state index in [-0.39, 0.29) is 35.8 Å². The molecule has 0 spiro atoms. The molecule has 28 heavy (non-hydrogen) atoms. The third-order valence-corrected chi connectivity index (χ3v) is 5.72. The minimum atomic E-state index is -0.280. The number of pyridine rings is 1. The number of rotatable bonds is 3. The van der Waals surface area contributed by atoms with Gasteiger partial charge >= 0.3 is 0 Å². The van der Waals surface area contributed by atoms with E-state index in [1.54, 1.807) is 30.5 Å². The van der Waals surface area contributed by atoms with E-state index in [0.717, 1.165) is 24.8 Å². The highest BCUT2D eigenvalue weighted by Gasteiger charge is 2.44. The zero-order valence-corrected chi connectivity index (χ0v) is 15.7. The van der Waals surface area contributed by atoms with Crippen molar-refractivity contribution in [3.05, 3.63) is 65.7 Å². The molecule has 2 saturated heterocycles. The first-order chi connectivity index (χ1) is 13.6. The van der Waals surface area contributed by atoms with Crippen LogP contribution in [0.5, 0.6) is 0 Å². The summed E-state index contributed by atoms with van der Waals surface area (Å²) >= 11 is 0. The molecule has 6 heteroatoms. The summed E-state index contributed by atoms with van der Waals surface area (Å²) in [7, 11) is 0. The number of nitrogens with zero attached hydrogens (tertiary/aromatic N) is 2. The van der Waals surface area contributed by atoms with Crippen molar-refractivity contribution in [2.75, 3.05) is 0 Å². The fourth-order valence-corrected chi connectivity index (χ4v) is 4.50. The molecule has 2 aliphatic rings. The van der Waals surface area contributed by atoms with Gasteiger partial charge in [-0.2, -0.15) is 0 Å². The number of amides is 2. The minimum absolute atomic E-state index is 0.0475. The van der Waals surface area contributed by atoms with E-state index < -0.39 is 0 Å². The highest BCUT2D eigenvalue weighted by Crippen LogP contribution is 2.33. The van der Waals surface area contributed by atoms with E-state index in [4.69, 9.17) is 0 Å². The number of carbonyl (C=O) groups excluding carboxylic acids is 2. The summed E-state index contributed by atoms with van der Waals surface area (Å²) in [5.74, 6) is -0.354. The number of fused-ring (bicyclic) bond motifs is 1. The lowest BCUT2D eigenvalue weighted by molar-refractivity contribution is -0.122. The molecule has 0 saturated carbocycles. The van der Waals surface area contributed by atoms with Gasteiger partial charge < -0.3 is 10.2 Å². The molecule has 2 amide bonds. The van der Waals surface area contributed by atoms with Crippen molar-refractivity contribution in [1.29, 1.82) is 0 Å². The van der Waals surface area contributed by atoms with E-state index in [0.29, 0.717) is 25.0 Å². The van der Waals surface area contributed by atoms with Crippen LogP contribution in [0.1, 0.15) is 48.2 Å². The second-order valence-electron chi connectivity index (χ2n) is 7.64. The number of likely N-dealkylation sites (tertiary alicyclic amines) is 1. The number of benzene rings is 1. The Bertz CT molecular complexity index is 858. The maximum atomic E-state index is 13.7. The van der Waals surface area contributed by atoms with Crippen molar-refractivity contribution in [2.45, 2.75) is 56.7 Å². The monoisotopic (exact) mass is 381 g/mol. The third kappa shape index (κ3) is 3.91. The molecular formula is C22H24FN3O2. The van der Waals surface area contributed by atoms with E-state index in [1.807, 2.05) is 11.0 Å². The van der Waals surface area contributed by atoms with Crippen LogP contribution in [0, 0.1) is 5.82 Å². The third-order valence-electron chi connectivity index (χ3n) is 5.72. The normalized spacial score (nSPS) is 24.8. The predicted octanol–water partition coefficient (Wildman–Crippen LogP) is 3.11. The van der Waals surface area contributed by atoms with Gasteiger partial charge in [0.2, 0.25) is 5.91 Å². The Balaban J connectivity index is 1.65. The standard InChI is InChI=1S/C22H24FN3O2/c23-16-7-5-6-15(12-16)13-17-14-19-20(9-1-2-10-21(27)25-19)26(17)22(28)18-8-3-4-11-24-18/h3-8,11-12,17,19-20H,1-2,9-10,13-14H2,(H,25,27)/t17-,19+,20-/m1/s1. The van der Waals surface area contributed by atoms with Gasteiger partial charge in [-0.15, -0.1) is 0 Å². The van der Waals surface area contributed by atoms with E-state index in [1.165, 1.54) is 12.1 Å². The van der Waals surface area contributed by atoms with Crippen LogP contribution in [0.2, 0.25) is 0 Å². The molecule has 146 valence electrons. The average Bonchev–Trinajstić information content (AvgIpc) is 2.99. The van der Waals surface area contributed by atoms with Gasteiger partial charge in [0.25, 0.3) is 5.91 Å². The Morgan fingerprint density at radius 3 is 2.89 bits per heavy atom. The second-order valence-corrected chi connectivity index (χ2v) is 7.64. The van der Waals surface area contributed by atoms with Crippen LogP contribution in [0.25, 0.3) is 0 Å². The summed E-state index contributed by atoms with van der Waals surface area (Å²) in [4.78, 5) is 31.6. The van der Waals surface area contributed by atoms with Crippen LogP contribution in [0.15, 0.2) is 48.7 Å². The van der Waals surface area contributed by atoms with E-state index in [2.05, 4.69) is 10.3 Å². The molecule has 0 bridgehead atoms. The van der Waals surface area contributed by atoms with Gasteiger partial charge in [-0.1, -0.05) is 24.6 Å². The van der Waals surface area contributed by atoms with Gasteiger partial charge in [0.15, 0.2) is 0 Å². The molecule has 1 aromatic heterocycles. The van der Waals surface area contributed by atoms with E-state index in [9.17, 15) is 14.0 Å². The van der Waals surface area contributed by atoms with Gasteiger partial charge in [-0.3, -0.25) is 14.6 Å². The molecule has 1 N–H and O–H groups in total. The molecular weight excluding hydrogens is 357 g/mol. The van der Waals surface area contributed by atoms with Crippen molar-refractivity contribution in [3.63, 3.8) is 0 Å². The van der Waals surface area contributed by atoms with E-state index >= 15 is 0 Å². The fourth-order valence-electron chi connectivity index (χ4n) is 4.50. The molecule has 4 rings (SSSR count). The Labute approximate surface area is 164 Å². The Hall–Kier alpha value is -2.76. The zero-order chi connectivity index (χ0) is 19.5. The molecule has 0 radical (unpaired) electrons. The van der Waals surface area contributed by atoms with Gasteiger partial charge in [-0.25, -0.2) is 4.39 Å². The van der Waals surface area contributed by atoms with Gasteiger partial charge in [-0.05, 0) is 55.5 Å². The summed E-state index contributed by atoms with van der Waals surface area (Å²) < 4.78 is 13.7. The summed E-state index contributed by atoms with van der Waals surface area (Å²) in [6, 6.07) is 11.6. The molecule has 2 fully saturated rings. The molecule has 3 atom stereocenters. The van der Waals surface area contributed by atoms with Gasteiger partial charge in [0.05, 0.1) is 12.1 Å². The Morgan fingerprint density at radius 2 is 2.11 bits per heavy atom. The first kappa shape index (κ1) is 18.6. The molecule has 3 heterocycles. The lowest BCUT2D eigenvalue weighted by Crippen LogP contribution is -2.49. The molecule has 0 aliphatic carbocycles. The van der Waals surface area contributed by atoms with Crippen LogP contribution in [-0.4, -0.2) is 39.8 Å². The van der Waals surface area contributed by atoms with Crippen molar-refractivity contribution in [3.8, 4) is 0 Å². The quantitative estimate of drug-likeness (QED) is 0.889. The summed E-state index contributed by atoms with van der Waals surface area (Å²) in [6.45, 7) is 0.